The van der Waals surface area contributed by atoms with E-state index in [0.717, 1.165) is 12.5 Å². The third-order valence-electron chi connectivity index (χ3n) is 4.64. The summed E-state index contributed by atoms with van der Waals surface area (Å²) in [4.78, 5) is 2.68. The van der Waals surface area contributed by atoms with Crippen molar-refractivity contribution >= 4 is 0 Å². The summed E-state index contributed by atoms with van der Waals surface area (Å²) < 4.78 is 0. The van der Waals surface area contributed by atoms with Gasteiger partial charge >= 0.3 is 0 Å². The highest BCUT2D eigenvalue weighted by Gasteiger charge is 2.36. The summed E-state index contributed by atoms with van der Waals surface area (Å²) in [6.45, 7) is 10.5. The smallest absolute Gasteiger partial charge is 0.0278 e. The fourth-order valence-corrected chi connectivity index (χ4v) is 3.29. The highest BCUT2D eigenvalue weighted by molar-refractivity contribution is 5.40. The molecular weight excluding hydrogens is 220 g/mol. The fourth-order valence-electron chi connectivity index (χ4n) is 3.29. The molecule has 18 heavy (non-hydrogen) atoms. The van der Waals surface area contributed by atoms with Crippen molar-refractivity contribution in [1.29, 1.82) is 0 Å². The summed E-state index contributed by atoms with van der Waals surface area (Å²) in [5, 5.41) is 3.59. The van der Waals surface area contributed by atoms with Gasteiger partial charge in [0.2, 0.25) is 0 Å². The van der Waals surface area contributed by atoms with Crippen LogP contribution in [0.1, 0.15) is 37.8 Å². The number of nitrogens with zero attached hydrogens (tertiary/aromatic N) is 1. The Morgan fingerprint density at radius 3 is 2.89 bits per heavy atom. The molecule has 98 valence electrons. The van der Waals surface area contributed by atoms with Crippen molar-refractivity contribution in [2.75, 3.05) is 19.6 Å². The van der Waals surface area contributed by atoms with Crippen LogP contribution in [0, 0.1) is 0 Å². The molecule has 0 amide bonds. The maximum Gasteiger partial charge on any atom is 0.0278 e. The Bertz CT molecular complexity index is 438. The predicted octanol–water partition coefficient (Wildman–Crippen LogP) is 2.40. The van der Waals surface area contributed by atoms with E-state index in [2.05, 4.69) is 55.3 Å². The molecule has 0 saturated carbocycles. The first-order valence-electron chi connectivity index (χ1n) is 7.12. The molecule has 0 aromatic heterocycles. The second-order valence-corrected chi connectivity index (χ2v) is 6.60. The van der Waals surface area contributed by atoms with Crippen LogP contribution in [0.2, 0.25) is 0 Å². The number of piperazine rings is 1. The average molecular weight is 244 g/mol. The molecule has 1 fully saturated rings. The number of hydrogen-bond donors (Lipinski definition) is 1. The lowest BCUT2D eigenvalue weighted by Crippen LogP contribution is -2.62. The Morgan fingerprint density at radius 2 is 2.11 bits per heavy atom. The van der Waals surface area contributed by atoms with Gasteiger partial charge in [0.25, 0.3) is 0 Å². The minimum Gasteiger partial charge on any atom is -0.311 e. The molecule has 2 atom stereocenters. The second kappa shape index (κ2) is 4.36. The molecule has 2 heteroatoms. The lowest BCUT2D eigenvalue weighted by atomic mass is 9.76. The quantitative estimate of drug-likeness (QED) is 0.859. The van der Waals surface area contributed by atoms with Gasteiger partial charge in [-0.15, -0.1) is 0 Å². The first-order chi connectivity index (χ1) is 8.56. The van der Waals surface area contributed by atoms with Crippen LogP contribution in [0.4, 0.5) is 0 Å². The number of benzene rings is 1. The molecule has 1 N–H and O–H groups in total. The topological polar surface area (TPSA) is 15.3 Å². The number of nitrogens with one attached hydrogen (secondary N) is 1. The maximum atomic E-state index is 3.59. The molecular formula is C16H24N2. The molecule has 1 aromatic carbocycles. The van der Waals surface area contributed by atoms with Crippen LogP contribution in [-0.2, 0) is 6.42 Å². The average Bonchev–Trinajstić information content (AvgIpc) is 2.31. The molecule has 2 nitrogen and oxygen atoms in total. The number of rotatable bonds is 2. The van der Waals surface area contributed by atoms with Gasteiger partial charge in [0.05, 0.1) is 0 Å². The predicted molar refractivity (Wildman–Crippen MR) is 76.0 cm³/mol. The highest BCUT2D eigenvalue weighted by Crippen LogP contribution is 2.36. The Kier molecular flexibility index (Phi) is 2.95. The third kappa shape index (κ3) is 2.08. The third-order valence-corrected chi connectivity index (χ3v) is 4.64. The van der Waals surface area contributed by atoms with Gasteiger partial charge in [0, 0.05) is 37.1 Å². The minimum absolute atomic E-state index is 0.289. The molecule has 1 heterocycles. The van der Waals surface area contributed by atoms with Crippen LogP contribution in [0.3, 0.4) is 0 Å². The van der Waals surface area contributed by atoms with E-state index in [1.807, 2.05) is 0 Å². The summed E-state index contributed by atoms with van der Waals surface area (Å²) >= 11 is 0. The standard InChI is InChI=1S/C16H24N2/c1-12-9-18(16(2,3)11-17-12)10-14-8-13-6-4-5-7-15(13)14/h4-7,12,14,17H,8-11H2,1-3H3. The van der Waals surface area contributed by atoms with Gasteiger partial charge in [0.1, 0.15) is 0 Å². The highest BCUT2D eigenvalue weighted by atomic mass is 15.3. The van der Waals surface area contributed by atoms with Crippen LogP contribution in [0.5, 0.6) is 0 Å². The van der Waals surface area contributed by atoms with E-state index >= 15 is 0 Å². The summed E-state index contributed by atoms with van der Waals surface area (Å²) in [5.74, 6) is 0.755. The molecule has 1 aliphatic carbocycles. The van der Waals surface area contributed by atoms with Crippen LogP contribution >= 0.6 is 0 Å². The summed E-state index contributed by atoms with van der Waals surface area (Å²) in [5.41, 5.74) is 3.43. The van der Waals surface area contributed by atoms with Crippen molar-refractivity contribution in [1.82, 2.24) is 10.2 Å². The summed E-state index contributed by atoms with van der Waals surface area (Å²) in [6.07, 6.45) is 1.27. The van der Waals surface area contributed by atoms with Gasteiger partial charge in [-0.25, -0.2) is 0 Å². The van der Waals surface area contributed by atoms with Gasteiger partial charge in [-0.05, 0) is 38.3 Å². The van der Waals surface area contributed by atoms with Crippen molar-refractivity contribution < 1.29 is 0 Å². The van der Waals surface area contributed by atoms with Gasteiger partial charge in [-0.3, -0.25) is 4.90 Å². The molecule has 2 unspecified atom stereocenters. The van der Waals surface area contributed by atoms with Crippen LogP contribution in [0.25, 0.3) is 0 Å². The lowest BCUT2D eigenvalue weighted by Gasteiger charge is -2.48. The van der Waals surface area contributed by atoms with E-state index in [1.54, 1.807) is 11.1 Å². The molecule has 1 aromatic rings. The monoisotopic (exact) mass is 244 g/mol. The Hall–Kier alpha value is -0.860. The van der Waals surface area contributed by atoms with Crippen molar-refractivity contribution in [3.05, 3.63) is 35.4 Å². The fraction of sp³-hybridized carbons (Fsp3) is 0.625. The van der Waals surface area contributed by atoms with Gasteiger partial charge in [0.15, 0.2) is 0 Å². The van der Waals surface area contributed by atoms with E-state index in [-0.39, 0.29) is 5.54 Å². The van der Waals surface area contributed by atoms with Gasteiger partial charge < -0.3 is 5.32 Å². The van der Waals surface area contributed by atoms with E-state index in [4.69, 9.17) is 0 Å². The molecule has 3 rings (SSSR count). The molecule has 1 aliphatic heterocycles. The Morgan fingerprint density at radius 1 is 1.33 bits per heavy atom. The SMILES string of the molecule is CC1CN(CC2Cc3ccccc32)C(C)(C)CN1. The number of fused-ring (bicyclic) bond motifs is 1. The molecule has 0 spiro atoms. The molecule has 1 saturated heterocycles. The summed E-state index contributed by atoms with van der Waals surface area (Å²) in [7, 11) is 0. The number of hydrogen-bond acceptors (Lipinski definition) is 2. The van der Waals surface area contributed by atoms with Crippen molar-refractivity contribution in [3.8, 4) is 0 Å². The first-order valence-corrected chi connectivity index (χ1v) is 7.12. The zero-order valence-corrected chi connectivity index (χ0v) is 11.7. The molecule has 2 aliphatic rings. The molecule has 0 bridgehead atoms. The second-order valence-electron chi connectivity index (χ2n) is 6.60. The van der Waals surface area contributed by atoms with Crippen LogP contribution in [0.15, 0.2) is 24.3 Å². The minimum atomic E-state index is 0.289. The Labute approximate surface area is 110 Å². The first kappa shape index (κ1) is 12.2. The van der Waals surface area contributed by atoms with E-state index in [0.29, 0.717) is 6.04 Å². The Balaban J connectivity index is 1.70. The van der Waals surface area contributed by atoms with Crippen molar-refractivity contribution in [2.24, 2.45) is 0 Å². The summed E-state index contributed by atoms with van der Waals surface area (Å²) in [6, 6.07) is 9.54. The maximum absolute atomic E-state index is 3.59. The van der Waals surface area contributed by atoms with E-state index in [1.165, 1.54) is 19.5 Å². The largest absolute Gasteiger partial charge is 0.311 e. The van der Waals surface area contributed by atoms with E-state index in [9.17, 15) is 0 Å². The van der Waals surface area contributed by atoms with Gasteiger partial charge in [-0.1, -0.05) is 24.3 Å². The van der Waals surface area contributed by atoms with Crippen molar-refractivity contribution in [2.45, 2.75) is 44.7 Å². The van der Waals surface area contributed by atoms with Gasteiger partial charge in [-0.2, -0.15) is 0 Å². The zero-order chi connectivity index (χ0) is 12.8. The van der Waals surface area contributed by atoms with Crippen LogP contribution < -0.4 is 5.32 Å². The zero-order valence-electron chi connectivity index (χ0n) is 11.7. The van der Waals surface area contributed by atoms with Crippen molar-refractivity contribution in [3.63, 3.8) is 0 Å². The lowest BCUT2D eigenvalue weighted by molar-refractivity contribution is 0.0614. The van der Waals surface area contributed by atoms with E-state index < -0.39 is 0 Å². The molecule has 0 radical (unpaired) electrons. The van der Waals surface area contributed by atoms with Crippen LogP contribution in [-0.4, -0.2) is 36.1 Å². The normalized spacial score (nSPS) is 30.6.